The van der Waals surface area contributed by atoms with Gasteiger partial charge >= 0.3 is 5.97 Å². The summed E-state index contributed by atoms with van der Waals surface area (Å²) in [5.74, 6) is -1.06. The fourth-order valence-corrected chi connectivity index (χ4v) is 1.57. The average Bonchev–Trinajstić information content (AvgIpc) is 2.26. The van der Waals surface area contributed by atoms with E-state index in [0.717, 1.165) is 17.7 Å². The summed E-state index contributed by atoms with van der Waals surface area (Å²) >= 11 is 0. The number of rotatable bonds is 6. The number of aromatic nitrogens is 1. The van der Waals surface area contributed by atoms with Crippen LogP contribution in [0.2, 0.25) is 0 Å². The molecule has 0 saturated carbocycles. The van der Waals surface area contributed by atoms with Crippen LogP contribution in [0.4, 0.5) is 5.69 Å². The first-order valence-electron chi connectivity index (χ1n) is 5.52. The lowest BCUT2D eigenvalue weighted by Gasteiger charge is -2.14. The molecule has 0 aliphatic carbocycles. The van der Waals surface area contributed by atoms with Gasteiger partial charge in [-0.3, -0.25) is 9.78 Å². The molecule has 16 heavy (non-hydrogen) atoms. The van der Waals surface area contributed by atoms with Crippen molar-refractivity contribution < 1.29 is 9.90 Å². The topological polar surface area (TPSA) is 62.2 Å². The molecule has 0 aliphatic rings. The Balaban J connectivity index is 2.55. The molecule has 2 N–H and O–H groups in total. The van der Waals surface area contributed by atoms with E-state index >= 15 is 0 Å². The van der Waals surface area contributed by atoms with Crippen LogP contribution in [-0.2, 0) is 4.79 Å². The molecule has 0 saturated heterocycles. The molecule has 0 amide bonds. The molecule has 1 atom stereocenters. The van der Waals surface area contributed by atoms with E-state index in [1.165, 1.54) is 0 Å². The van der Waals surface area contributed by atoms with E-state index in [0.29, 0.717) is 13.0 Å². The van der Waals surface area contributed by atoms with Crippen LogP contribution >= 0.6 is 0 Å². The summed E-state index contributed by atoms with van der Waals surface area (Å²) in [6, 6.07) is 1.86. The van der Waals surface area contributed by atoms with Crippen LogP contribution in [0.3, 0.4) is 0 Å². The Labute approximate surface area is 95.7 Å². The summed E-state index contributed by atoms with van der Waals surface area (Å²) in [4.78, 5) is 14.9. The molecule has 1 rings (SSSR count). The van der Waals surface area contributed by atoms with E-state index in [-0.39, 0.29) is 5.92 Å². The van der Waals surface area contributed by atoms with Gasteiger partial charge in [0.05, 0.1) is 5.92 Å². The first-order valence-corrected chi connectivity index (χ1v) is 5.52. The van der Waals surface area contributed by atoms with Crippen LogP contribution in [0.5, 0.6) is 0 Å². The second-order valence-corrected chi connectivity index (χ2v) is 3.90. The van der Waals surface area contributed by atoms with Gasteiger partial charge in [0.2, 0.25) is 0 Å². The zero-order valence-corrected chi connectivity index (χ0v) is 9.73. The molecule has 0 bridgehead atoms. The largest absolute Gasteiger partial charge is 0.481 e. The van der Waals surface area contributed by atoms with Crippen molar-refractivity contribution >= 4 is 11.7 Å². The zero-order chi connectivity index (χ0) is 12.0. The van der Waals surface area contributed by atoms with Gasteiger partial charge in [-0.2, -0.15) is 0 Å². The van der Waals surface area contributed by atoms with E-state index in [1.54, 1.807) is 12.4 Å². The summed E-state index contributed by atoms with van der Waals surface area (Å²) in [5.41, 5.74) is 1.99. The van der Waals surface area contributed by atoms with Crippen molar-refractivity contribution in [3.8, 4) is 0 Å². The van der Waals surface area contributed by atoms with Crippen molar-refractivity contribution in [3.05, 3.63) is 24.0 Å². The summed E-state index contributed by atoms with van der Waals surface area (Å²) < 4.78 is 0. The van der Waals surface area contributed by atoms with Crippen LogP contribution < -0.4 is 5.32 Å². The van der Waals surface area contributed by atoms with Gasteiger partial charge in [0.25, 0.3) is 0 Å². The lowest BCUT2D eigenvalue weighted by molar-refractivity contribution is -0.141. The predicted octanol–water partition coefficient (Wildman–Crippen LogP) is 2.30. The maximum atomic E-state index is 10.9. The molecular weight excluding hydrogens is 204 g/mol. The number of aryl methyl sites for hydroxylation is 1. The lowest BCUT2D eigenvalue weighted by Crippen LogP contribution is -2.23. The van der Waals surface area contributed by atoms with E-state index in [2.05, 4.69) is 10.3 Å². The average molecular weight is 222 g/mol. The lowest BCUT2D eigenvalue weighted by atomic mass is 10.0. The Kier molecular flexibility index (Phi) is 4.76. The van der Waals surface area contributed by atoms with Crippen LogP contribution in [0.1, 0.15) is 25.3 Å². The molecule has 88 valence electrons. The highest BCUT2D eigenvalue weighted by molar-refractivity contribution is 5.70. The minimum absolute atomic E-state index is 0.322. The third-order valence-corrected chi connectivity index (χ3v) is 2.55. The van der Waals surface area contributed by atoms with Crippen molar-refractivity contribution in [2.45, 2.75) is 26.7 Å². The maximum absolute atomic E-state index is 10.9. The first kappa shape index (κ1) is 12.5. The highest BCUT2D eigenvalue weighted by Crippen LogP contribution is 2.14. The third kappa shape index (κ3) is 3.53. The summed E-state index contributed by atoms with van der Waals surface area (Å²) in [7, 11) is 0. The van der Waals surface area contributed by atoms with Gasteiger partial charge in [0.15, 0.2) is 0 Å². The van der Waals surface area contributed by atoms with Crippen molar-refractivity contribution in [2.75, 3.05) is 11.9 Å². The molecule has 1 unspecified atom stereocenters. The molecule has 0 aromatic carbocycles. The number of hydrogen-bond donors (Lipinski definition) is 2. The van der Waals surface area contributed by atoms with E-state index < -0.39 is 5.97 Å². The molecule has 0 fully saturated rings. The number of carboxylic acid groups (broad SMARTS) is 1. The van der Waals surface area contributed by atoms with Gasteiger partial charge in [-0.25, -0.2) is 0 Å². The Morgan fingerprint density at radius 3 is 2.94 bits per heavy atom. The maximum Gasteiger partial charge on any atom is 0.308 e. The Hall–Kier alpha value is -1.58. The third-order valence-electron chi connectivity index (χ3n) is 2.55. The number of carboxylic acids is 1. The second kappa shape index (κ2) is 6.10. The summed E-state index contributed by atoms with van der Waals surface area (Å²) in [5, 5.41) is 12.2. The summed E-state index contributed by atoms with van der Waals surface area (Å²) in [6.07, 6.45) is 5.04. The molecule has 4 heteroatoms. The predicted molar refractivity (Wildman–Crippen MR) is 63.5 cm³/mol. The van der Waals surface area contributed by atoms with Crippen LogP contribution in [0.15, 0.2) is 18.5 Å². The molecule has 0 aliphatic heterocycles. The molecule has 0 spiro atoms. The van der Waals surface area contributed by atoms with E-state index in [9.17, 15) is 4.79 Å². The van der Waals surface area contributed by atoms with Crippen molar-refractivity contribution in [1.82, 2.24) is 4.98 Å². The van der Waals surface area contributed by atoms with Gasteiger partial charge in [-0.1, -0.05) is 13.3 Å². The standard InChI is InChI=1S/C12H18N2O2/c1-3-4-10(12(15)16)8-14-11-5-6-13-7-9(11)2/h5-7,10H,3-4,8H2,1-2H3,(H,13,14)(H,15,16). The molecule has 1 heterocycles. The van der Waals surface area contributed by atoms with E-state index in [4.69, 9.17) is 5.11 Å². The number of pyridine rings is 1. The zero-order valence-electron chi connectivity index (χ0n) is 9.73. The number of anilines is 1. The van der Waals surface area contributed by atoms with Crippen LogP contribution in [-0.4, -0.2) is 22.6 Å². The fourth-order valence-electron chi connectivity index (χ4n) is 1.57. The van der Waals surface area contributed by atoms with Crippen molar-refractivity contribution in [2.24, 2.45) is 5.92 Å². The quantitative estimate of drug-likeness (QED) is 0.775. The molecular formula is C12H18N2O2. The van der Waals surface area contributed by atoms with Gasteiger partial charge in [-0.15, -0.1) is 0 Å². The molecule has 0 radical (unpaired) electrons. The normalized spacial score (nSPS) is 12.1. The molecule has 4 nitrogen and oxygen atoms in total. The molecule has 1 aromatic heterocycles. The van der Waals surface area contributed by atoms with Crippen LogP contribution in [0.25, 0.3) is 0 Å². The number of nitrogens with one attached hydrogen (secondary N) is 1. The van der Waals surface area contributed by atoms with E-state index in [1.807, 2.05) is 19.9 Å². The fraction of sp³-hybridized carbons (Fsp3) is 0.500. The van der Waals surface area contributed by atoms with Gasteiger partial charge in [-0.05, 0) is 25.0 Å². The SMILES string of the molecule is CCCC(CNc1ccncc1C)C(=O)O. The number of nitrogens with zero attached hydrogens (tertiary/aromatic N) is 1. The minimum atomic E-state index is -0.735. The van der Waals surface area contributed by atoms with Gasteiger partial charge in [0.1, 0.15) is 0 Å². The second-order valence-electron chi connectivity index (χ2n) is 3.90. The Bertz CT molecular complexity index is 353. The Morgan fingerprint density at radius 2 is 2.38 bits per heavy atom. The van der Waals surface area contributed by atoms with Gasteiger partial charge in [0, 0.05) is 24.6 Å². The highest BCUT2D eigenvalue weighted by Gasteiger charge is 2.15. The van der Waals surface area contributed by atoms with Crippen molar-refractivity contribution in [3.63, 3.8) is 0 Å². The molecule has 1 aromatic rings. The summed E-state index contributed by atoms with van der Waals surface area (Å²) in [6.45, 7) is 4.41. The smallest absolute Gasteiger partial charge is 0.308 e. The number of carbonyl (C=O) groups is 1. The number of aliphatic carboxylic acids is 1. The monoisotopic (exact) mass is 222 g/mol. The number of hydrogen-bond acceptors (Lipinski definition) is 3. The van der Waals surface area contributed by atoms with Crippen molar-refractivity contribution in [1.29, 1.82) is 0 Å². The minimum Gasteiger partial charge on any atom is -0.481 e. The van der Waals surface area contributed by atoms with Gasteiger partial charge < -0.3 is 10.4 Å². The van der Waals surface area contributed by atoms with Crippen LogP contribution in [0, 0.1) is 12.8 Å². The Morgan fingerprint density at radius 1 is 1.62 bits per heavy atom. The highest BCUT2D eigenvalue weighted by atomic mass is 16.4. The first-order chi connectivity index (χ1) is 7.65.